The summed E-state index contributed by atoms with van der Waals surface area (Å²) in [6.45, 7) is 3.58. The van der Waals surface area contributed by atoms with Crippen LogP contribution in [0.1, 0.15) is 34.0 Å². The molecule has 1 heterocycles. The minimum Gasteiger partial charge on any atom is -0.462 e. The van der Waals surface area contributed by atoms with Crippen LogP contribution >= 0.6 is 0 Å². The van der Waals surface area contributed by atoms with Gasteiger partial charge in [-0.05, 0) is 49.4 Å². The number of nitrogens with one attached hydrogen (secondary N) is 3. The minimum absolute atomic E-state index is 0.265. The topological polar surface area (TPSA) is 117 Å². The highest BCUT2D eigenvalue weighted by atomic mass is 32.2. The number of carbonyl (C=O) groups is 2. The fourth-order valence-corrected chi connectivity index (χ4v) is 4.76. The second-order valence-corrected chi connectivity index (χ2v) is 11.1. The largest absolute Gasteiger partial charge is 0.462 e. The Kier molecular flexibility index (Phi) is 8.80. The first-order chi connectivity index (χ1) is 18.6. The smallest absolute Gasteiger partial charge is 0.338 e. The van der Waals surface area contributed by atoms with Gasteiger partial charge in [-0.2, -0.15) is 0 Å². The third-order valence-electron chi connectivity index (χ3n) is 6.12. The van der Waals surface area contributed by atoms with E-state index in [1.165, 1.54) is 0 Å². The lowest BCUT2D eigenvalue weighted by atomic mass is 9.99. The van der Waals surface area contributed by atoms with Crippen molar-refractivity contribution in [2.24, 2.45) is 0 Å². The molecule has 4 rings (SSSR count). The van der Waals surface area contributed by atoms with Crippen molar-refractivity contribution in [2.45, 2.75) is 13.5 Å². The molecule has 1 amide bonds. The maximum Gasteiger partial charge on any atom is 0.338 e. The molecule has 0 fully saturated rings. The van der Waals surface area contributed by atoms with Crippen LogP contribution in [-0.4, -0.2) is 58.2 Å². The van der Waals surface area contributed by atoms with Gasteiger partial charge in [0, 0.05) is 30.9 Å². The average Bonchev–Trinajstić information content (AvgIpc) is 3.22. The van der Waals surface area contributed by atoms with Crippen LogP contribution in [0.3, 0.4) is 0 Å². The Labute approximate surface area is 228 Å². The SMILES string of the molecule is CCOC(=O)c1ccc2c(c1)NC(=O)C2=C(Nc1ccc(CN(C)CCNS(C)(=O)=O)cc1)c1ccccc1. The number of anilines is 2. The quantitative estimate of drug-likeness (QED) is 0.247. The number of ether oxygens (including phenoxy) is 1. The van der Waals surface area contributed by atoms with Crippen LogP contribution in [0.5, 0.6) is 0 Å². The fourth-order valence-electron chi connectivity index (χ4n) is 4.30. The molecule has 0 atom stereocenters. The molecule has 10 heteroatoms. The maximum absolute atomic E-state index is 13.2. The second kappa shape index (κ2) is 12.2. The van der Waals surface area contributed by atoms with Gasteiger partial charge in [-0.15, -0.1) is 0 Å². The normalized spacial score (nSPS) is 14.1. The average molecular weight is 549 g/mol. The molecular weight excluding hydrogens is 516 g/mol. The van der Waals surface area contributed by atoms with Crippen molar-refractivity contribution < 1.29 is 22.7 Å². The molecule has 0 unspecified atom stereocenters. The van der Waals surface area contributed by atoms with Crippen molar-refractivity contribution >= 4 is 44.5 Å². The van der Waals surface area contributed by atoms with E-state index >= 15 is 0 Å². The number of nitrogens with zero attached hydrogens (tertiary/aromatic N) is 1. The number of fused-ring (bicyclic) bond motifs is 1. The van der Waals surface area contributed by atoms with Gasteiger partial charge in [-0.25, -0.2) is 17.9 Å². The molecule has 1 aliphatic rings. The van der Waals surface area contributed by atoms with Crippen molar-refractivity contribution in [2.75, 3.05) is 43.6 Å². The summed E-state index contributed by atoms with van der Waals surface area (Å²) in [6, 6.07) is 22.5. The summed E-state index contributed by atoms with van der Waals surface area (Å²) in [6.07, 6.45) is 1.15. The molecule has 39 heavy (non-hydrogen) atoms. The molecule has 3 aromatic rings. The second-order valence-electron chi connectivity index (χ2n) is 9.28. The van der Waals surface area contributed by atoms with Gasteiger partial charge in [-0.3, -0.25) is 4.79 Å². The van der Waals surface area contributed by atoms with E-state index in [1.54, 1.807) is 25.1 Å². The summed E-state index contributed by atoms with van der Waals surface area (Å²) >= 11 is 0. The monoisotopic (exact) mass is 548 g/mol. The van der Waals surface area contributed by atoms with Crippen LogP contribution in [-0.2, 0) is 26.1 Å². The van der Waals surface area contributed by atoms with Crippen molar-refractivity contribution in [3.8, 4) is 0 Å². The van der Waals surface area contributed by atoms with Crippen molar-refractivity contribution in [1.82, 2.24) is 9.62 Å². The van der Waals surface area contributed by atoms with E-state index in [1.807, 2.05) is 66.5 Å². The van der Waals surface area contributed by atoms with E-state index in [2.05, 4.69) is 15.4 Å². The lowest BCUT2D eigenvalue weighted by Gasteiger charge is -2.18. The first-order valence-corrected chi connectivity index (χ1v) is 14.5. The van der Waals surface area contributed by atoms with Gasteiger partial charge in [0.2, 0.25) is 10.0 Å². The fraction of sp³-hybridized carbons (Fsp3) is 0.241. The summed E-state index contributed by atoms with van der Waals surface area (Å²) < 4.78 is 30.1. The number of benzene rings is 3. The van der Waals surface area contributed by atoms with Crippen molar-refractivity contribution in [3.05, 3.63) is 95.1 Å². The maximum atomic E-state index is 13.2. The first-order valence-electron chi connectivity index (χ1n) is 12.6. The third-order valence-corrected chi connectivity index (χ3v) is 6.85. The first kappa shape index (κ1) is 28.0. The van der Waals surface area contributed by atoms with Gasteiger partial charge in [0.25, 0.3) is 5.91 Å². The summed E-state index contributed by atoms with van der Waals surface area (Å²) in [5, 5.41) is 6.32. The van der Waals surface area contributed by atoms with Crippen LogP contribution in [0.2, 0.25) is 0 Å². The highest BCUT2D eigenvalue weighted by molar-refractivity contribution is 7.88. The number of rotatable bonds is 11. The van der Waals surface area contributed by atoms with Gasteiger partial charge in [0.1, 0.15) is 0 Å². The number of hydrogen-bond donors (Lipinski definition) is 3. The van der Waals surface area contributed by atoms with E-state index in [9.17, 15) is 18.0 Å². The summed E-state index contributed by atoms with van der Waals surface area (Å²) in [7, 11) is -1.28. The molecule has 204 valence electrons. The summed E-state index contributed by atoms with van der Waals surface area (Å²) in [5.74, 6) is -0.705. The number of amides is 1. The van der Waals surface area contributed by atoms with Gasteiger partial charge < -0.3 is 20.3 Å². The van der Waals surface area contributed by atoms with Crippen LogP contribution < -0.4 is 15.4 Å². The third kappa shape index (κ3) is 7.32. The highest BCUT2D eigenvalue weighted by Gasteiger charge is 2.29. The van der Waals surface area contributed by atoms with Crippen molar-refractivity contribution in [3.63, 3.8) is 0 Å². The Morgan fingerprint density at radius 1 is 1.00 bits per heavy atom. The Morgan fingerprint density at radius 2 is 1.72 bits per heavy atom. The van der Waals surface area contributed by atoms with Crippen molar-refractivity contribution in [1.29, 1.82) is 0 Å². The molecule has 0 spiro atoms. The van der Waals surface area contributed by atoms with E-state index in [0.717, 1.165) is 23.1 Å². The molecule has 0 saturated carbocycles. The van der Waals surface area contributed by atoms with Gasteiger partial charge in [-0.1, -0.05) is 48.5 Å². The minimum atomic E-state index is -3.21. The molecule has 3 aromatic carbocycles. The molecule has 0 aliphatic carbocycles. The molecule has 0 saturated heterocycles. The number of likely N-dealkylation sites (N-methyl/N-ethyl adjacent to an activating group) is 1. The molecule has 1 aliphatic heterocycles. The van der Waals surface area contributed by atoms with Crippen LogP contribution in [0, 0.1) is 0 Å². The lowest BCUT2D eigenvalue weighted by molar-refractivity contribution is -0.110. The van der Waals surface area contributed by atoms with E-state index in [-0.39, 0.29) is 12.5 Å². The van der Waals surface area contributed by atoms with Crippen LogP contribution in [0.15, 0.2) is 72.8 Å². The molecule has 3 N–H and O–H groups in total. The van der Waals surface area contributed by atoms with Crippen LogP contribution in [0.25, 0.3) is 11.3 Å². The van der Waals surface area contributed by atoms with E-state index < -0.39 is 16.0 Å². The highest BCUT2D eigenvalue weighted by Crippen LogP contribution is 2.38. The zero-order valence-electron chi connectivity index (χ0n) is 22.2. The predicted molar refractivity (Wildman–Crippen MR) is 154 cm³/mol. The number of sulfonamides is 1. The Morgan fingerprint density at radius 3 is 2.38 bits per heavy atom. The molecular formula is C29H32N4O5S. The standard InChI is InChI=1S/C29H32N4O5S/c1-4-38-29(35)22-12-15-24-25(18-22)32-28(34)26(24)27(21-8-6-5-7-9-21)31-23-13-10-20(11-14-23)19-33(2)17-16-30-39(3,36)37/h5-15,18,30-31H,4,16-17,19H2,1-3H3,(H,32,34). The Balaban J connectivity index is 1.58. The van der Waals surface area contributed by atoms with Gasteiger partial charge in [0.15, 0.2) is 0 Å². The molecule has 0 radical (unpaired) electrons. The predicted octanol–water partition coefficient (Wildman–Crippen LogP) is 3.78. The number of carbonyl (C=O) groups excluding carboxylic acids is 2. The van der Waals surface area contributed by atoms with E-state index in [0.29, 0.717) is 47.7 Å². The summed E-state index contributed by atoms with van der Waals surface area (Å²) in [4.78, 5) is 27.4. The van der Waals surface area contributed by atoms with Crippen LogP contribution in [0.4, 0.5) is 11.4 Å². The molecule has 0 bridgehead atoms. The molecule has 9 nitrogen and oxygen atoms in total. The van der Waals surface area contributed by atoms with Gasteiger partial charge >= 0.3 is 5.97 Å². The van der Waals surface area contributed by atoms with Gasteiger partial charge in [0.05, 0.1) is 35.4 Å². The zero-order chi connectivity index (χ0) is 28.0. The van der Waals surface area contributed by atoms with E-state index in [4.69, 9.17) is 4.74 Å². The zero-order valence-corrected chi connectivity index (χ0v) is 23.0. The number of hydrogen-bond acceptors (Lipinski definition) is 7. The number of esters is 1. The summed E-state index contributed by atoms with van der Waals surface area (Å²) in [5.41, 5.74) is 5.45. The molecule has 0 aromatic heterocycles. The lowest BCUT2D eigenvalue weighted by Crippen LogP contribution is -2.32. The Bertz CT molecular complexity index is 1490. The Hall–Kier alpha value is -3.99.